The highest BCUT2D eigenvalue weighted by atomic mass is 79.9. The van der Waals surface area contributed by atoms with Crippen molar-refractivity contribution >= 4 is 27.5 Å². The Kier molecular flexibility index (Phi) is 6.65. The van der Waals surface area contributed by atoms with Gasteiger partial charge in [-0.05, 0) is 54.7 Å². The van der Waals surface area contributed by atoms with Crippen LogP contribution in [0.1, 0.15) is 31.2 Å². The third-order valence-electron chi connectivity index (χ3n) is 6.27. The van der Waals surface area contributed by atoms with E-state index in [-0.39, 0.29) is 17.0 Å². The van der Waals surface area contributed by atoms with Gasteiger partial charge in [-0.15, -0.1) is 0 Å². The molecular weight excluding hydrogens is 516 g/mol. The lowest BCUT2D eigenvalue weighted by atomic mass is 9.99. The van der Waals surface area contributed by atoms with E-state index in [0.717, 1.165) is 28.7 Å². The Morgan fingerprint density at radius 2 is 1.48 bits per heavy atom. The van der Waals surface area contributed by atoms with Crippen LogP contribution in [0.25, 0.3) is 11.1 Å². The quantitative estimate of drug-likeness (QED) is 0.516. The van der Waals surface area contributed by atoms with Crippen LogP contribution in [0.3, 0.4) is 0 Å². The lowest BCUT2D eigenvalue weighted by Crippen LogP contribution is -3.00. The Bertz CT molecular complexity index is 1060. The molecule has 0 radical (unpaired) electrons. The summed E-state index contributed by atoms with van der Waals surface area (Å²) in [7, 11) is 0. The van der Waals surface area contributed by atoms with Gasteiger partial charge in [0, 0.05) is 16.5 Å². The SMILES string of the molecule is OC1(c2ccc(Br)cc2)C[N+]2=C(CCCCC2)N1c1ccc(-c2ccccc2)cc1.[Br-]. The summed E-state index contributed by atoms with van der Waals surface area (Å²) in [5.74, 6) is 1.24. The highest BCUT2D eigenvalue weighted by Crippen LogP contribution is 2.38. The Labute approximate surface area is 202 Å². The molecule has 3 aromatic carbocycles. The average molecular weight is 542 g/mol. The van der Waals surface area contributed by atoms with Crippen LogP contribution in [0.5, 0.6) is 0 Å². The molecule has 0 spiro atoms. The maximum absolute atomic E-state index is 12.0. The number of hydrogen-bond donors (Lipinski definition) is 1. The topological polar surface area (TPSA) is 26.5 Å². The monoisotopic (exact) mass is 540 g/mol. The molecular formula is C26H26Br2N2O. The highest BCUT2D eigenvalue weighted by Gasteiger charge is 2.53. The minimum atomic E-state index is -1.07. The summed E-state index contributed by atoms with van der Waals surface area (Å²) in [5.41, 5.74) is 3.30. The van der Waals surface area contributed by atoms with Crippen molar-refractivity contribution in [2.24, 2.45) is 0 Å². The van der Waals surface area contributed by atoms with Gasteiger partial charge in [0.1, 0.15) is 5.69 Å². The van der Waals surface area contributed by atoms with Crippen molar-refractivity contribution in [2.75, 3.05) is 18.0 Å². The molecule has 0 fully saturated rings. The Hall–Kier alpha value is -1.95. The number of halogens is 2. The molecule has 5 rings (SSSR count). The summed E-state index contributed by atoms with van der Waals surface area (Å²) in [6, 6.07) is 27.1. The van der Waals surface area contributed by atoms with Crippen molar-refractivity contribution in [1.82, 2.24) is 0 Å². The molecule has 3 nitrogen and oxygen atoms in total. The van der Waals surface area contributed by atoms with Gasteiger partial charge in [-0.3, -0.25) is 4.58 Å². The molecule has 1 atom stereocenters. The molecule has 3 aromatic rings. The first-order valence-electron chi connectivity index (χ1n) is 10.7. The molecule has 0 saturated heterocycles. The fraction of sp³-hybridized carbons (Fsp3) is 0.269. The van der Waals surface area contributed by atoms with Crippen LogP contribution in [0.4, 0.5) is 5.69 Å². The van der Waals surface area contributed by atoms with Crippen LogP contribution in [-0.2, 0) is 5.72 Å². The molecule has 1 N–H and O–H groups in total. The highest BCUT2D eigenvalue weighted by molar-refractivity contribution is 9.10. The zero-order valence-electron chi connectivity index (χ0n) is 17.3. The minimum Gasteiger partial charge on any atom is -1.00 e. The number of anilines is 1. The van der Waals surface area contributed by atoms with Crippen LogP contribution in [-0.4, -0.2) is 28.6 Å². The normalized spacial score (nSPS) is 20.8. The van der Waals surface area contributed by atoms with Crippen molar-refractivity contribution in [3.63, 3.8) is 0 Å². The summed E-state index contributed by atoms with van der Waals surface area (Å²) in [6.45, 7) is 1.61. The zero-order chi connectivity index (χ0) is 20.6. The number of benzene rings is 3. The molecule has 0 aromatic heterocycles. The molecule has 0 aliphatic carbocycles. The van der Waals surface area contributed by atoms with E-state index in [9.17, 15) is 5.11 Å². The van der Waals surface area contributed by atoms with Gasteiger partial charge in [-0.25, -0.2) is 0 Å². The predicted octanol–water partition coefficient (Wildman–Crippen LogP) is 2.77. The van der Waals surface area contributed by atoms with E-state index in [4.69, 9.17) is 0 Å². The van der Waals surface area contributed by atoms with Crippen LogP contribution < -0.4 is 21.9 Å². The number of nitrogens with zero attached hydrogens (tertiary/aromatic N) is 2. The summed E-state index contributed by atoms with van der Waals surface area (Å²) in [5, 5.41) is 12.0. The predicted molar refractivity (Wildman–Crippen MR) is 126 cm³/mol. The van der Waals surface area contributed by atoms with Gasteiger partial charge in [0.2, 0.25) is 0 Å². The first-order valence-corrected chi connectivity index (χ1v) is 11.5. The van der Waals surface area contributed by atoms with Crippen molar-refractivity contribution in [3.8, 4) is 11.1 Å². The van der Waals surface area contributed by atoms with Crippen LogP contribution >= 0.6 is 15.9 Å². The lowest BCUT2D eigenvalue weighted by molar-refractivity contribution is -0.534. The molecule has 31 heavy (non-hydrogen) atoms. The van der Waals surface area contributed by atoms with E-state index < -0.39 is 5.72 Å². The number of hydrogen-bond acceptors (Lipinski definition) is 2. The second kappa shape index (κ2) is 9.27. The first-order chi connectivity index (χ1) is 14.6. The molecule has 0 bridgehead atoms. The second-order valence-electron chi connectivity index (χ2n) is 8.22. The Morgan fingerprint density at radius 1 is 0.806 bits per heavy atom. The first kappa shape index (κ1) is 22.3. The van der Waals surface area contributed by atoms with Crippen molar-refractivity contribution in [3.05, 3.63) is 88.9 Å². The van der Waals surface area contributed by atoms with E-state index in [1.807, 2.05) is 30.3 Å². The van der Waals surface area contributed by atoms with Gasteiger partial charge < -0.3 is 22.1 Å². The van der Waals surface area contributed by atoms with Gasteiger partial charge in [-0.2, -0.15) is 4.90 Å². The standard InChI is InChI=1S/C26H26BrN2O.BrH/c27-23-14-12-22(13-15-23)26(30)19-28-18-6-2-5-9-25(28)29(26)24-16-10-21(11-17-24)20-7-3-1-4-8-20;/h1,3-4,7-8,10-17,30H,2,5-6,9,18-19H2;1H/q+1;/p-1. The van der Waals surface area contributed by atoms with Gasteiger partial charge in [-0.1, -0.05) is 70.5 Å². The van der Waals surface area contributed by atoms with Crippen LogP contribution in [0, 0.1) is 0 Å². The molecule has 160 valence electrons. The van der Waals surface area contributed by atoms with Crippen molar-refractivity contribution in [2.45, 2.75) is 31.4 Å². The Morgan fingerprint density at radius 3 is 2.19 bits per heavy atom. The van der Waals surface area contributed by atoms with Gasteiger partial charge >= 0.3 is 0 Å². The third kappa shape index (κ3) is 4.23. The van der Waals surface area contributed by atoms with E-state index in [0.29, 0.717) is 6.54 Å². The fourth-order valence-corrected chi connectivity index (χ4v) is 5.02. The summed E-state index contributed by atoms with van der Waals surface area (Å²) in [6.07, 6.45) is 4.60. The number of rotatable bonds is 3. The van der Waals surface area contributed by atoms with E-state index >= 15 is 0 Å². The minimum absolute atomic E-state index is 0. The molecule has 0 saturated carbocycles. The second-order valence-corrected chi connectivity index (χ2v) is 9.14. The van der Waals surface area contributed by atoms with Crippen LogP contribution in [0.15, 0.2) is 83.3 Å². The third-order valence-corrected chi connectivity index (χ3v) is 6.80. The molecule has 2 aliphatic rings. The zero-order valence-corrected chi connectivity index (χ0v) is 20.5. The largest absolute Gasteiger partial charge is 1.00 e. The van der Waals surface area contributed by atoms with Crippen molar-refractivity contribution < 1.29 is 26.7 Å². The van der Waals surface area contributed by atoms with E-state index in [1.165, 1.54) is 36.2 Å². The van der Waals surface area contributed by atoms with Crippen molar-refractivity contribution in [1.29, 1.82) is 0 Å². The molecule has 2 heterocycles. The molecule has 0 amide bonds. The molecule has 2 aliphatic heterocycles. The fourth-order valence-electron chi connectivity index (χ4n) is 4.76. The summed E-state index contributed by atoms with van der Waals surface area (Å²) in [4.78, 5) is 2.18. The molecule has 5 heteroatoms. The average Bonchev–Trinajstić information content (AvgIpc) is 2.90. The van der Waals surface area contributed by atoms with Gasteiger partial charge in [0.25, 0.3) is 11.6 Å². The summed E-state index contributed by atoms with van der Waals surface area (Å²) < 4.78 is 3.41. The smallest absolute Gasteiger partial charge is 0.275 e. The van der Waals surface area contributed by atoms with E-state index in [2.05, 4.69) is 73.9 Å². The lowest BCUT2D eigenvalue weighted by Gasteiger charge is -2.29. The number of aliphatic hydroxyl groups is 1. The Balaban J connectivity index is 0.00000231. The molecule has 1 unspecified atom stereocenters. The maximum atomic E-state index is 12.0. The maximum Gasteiger partial charge on any atom is 0.275 e. The van der Waals surface area contributed by atoms with E-state index in [1.54, 1.807) is 0 Å². The van der Waals surface area contributed by atoms with Crippen LogP contribution in [0.2, 0.25) is 0 Å². The summed E-state index contributed by atoms with van der Waals surface area (Å²) >= 11 is 3.52. The van der Waals surface area contributed by atoms with Gasteiger partial charge in [0.15, 0.2) is 6.54 Å². The number of amidine groups is 1. The van der Waals surface area contributed by atoms with Gasteiger partial charge in [0.05, 0.1) is 6.54 Å².